The monoisotopic (exact) mass is 603 g/mol. The number of carboxylic acids is 1. The van der Waals surface area contributed by atoms with E-state index in [0.29, 0.717) is 17.1 Å². The number of benzene rings is 4. The highest BCUT2D eigenvalue weighted by Crippen LogP contribution is 2.28. The number of carboxylic acid groups (broad SMARTS) is 1. The SMILES string of the molecule is O=C(Cc1ccc(Oc2ccc(OC3CCC(NC(=O)c4c[nH]c5ccccc45)CC3)cc2)cc1)Nc1ccccc1C(=O)O. The fourth-order valence-corrected chi connectivity index (χ4v) is 5.60. The average molecular weight is 604 g/mol. The smallest absolute Gasteiger partial charge is 0.337 e. The van der Waals surface area contributed by atoms with Crippen LogP contribution in [0.5, 0.6) is 17.2 Å². The number of amides is 2. The molecule has 4 aromatic carbocycles. The fraction of sp³-hybridized carbons (Fsp3) is 0.194. The second-order valence-electron chi connectivity index (χ2n) is 11.1. The van der Waals surface area contributed by atoms with E-state index in [-0.39, 0.29) is 41.6 Å². The molecule has 0 bridgehead atoms. The fourth-order valence-electron chi connectivity index (χ4n) is 5.60. The second-order valence-corrected chi connectivity index (χ2v) is 11.1. The molecule has 1 aliphatic rings. The standard InChI is InChI=1S/C36H33N3O6/c40-34(39-33-8-4-2-6-30(33)36(42)43)21-23-9-13-25(14-10-23)44-27-17-19-28(20-18-27)45-26-15-11-24(12-16-26)38-35(41)31-22-37-32-7-3-1-5-29(31)32/h1-10,13-14,17-20,22,24,26,37H,11-12,15-16,21H2,(H,38,41)(H,39,40)(H,42,43). The van der Waals surface area contributed by atoms with Gasteiger partial charge in [-0.3, -0.25) is 9.59 Å². The van der Waals surface area contributed by atoms with Crippen LogP contribution in [0, 0.1) is 0 Å². The number of aromatic amines is 1. The van der Waals surface area contributed by atoms with Crippen molar-refractivity contribution in [2.24, 2.45) is 0 Å². The lowest BCUT2D eigenvalue weighted by Crippen LogP contribution is -2.39. The molecular weight excluding hydrogens is 570 g/mol. The molecule has 1 saturated carbocycles. The zero-order chi connectivity index (χ0) is 31.2. The van der Waals surface area contributed by atoms with Gasteiger partial charge in [0.2, 0.25) is 5.91 Å². The van der Waals surface area contributed by atoms with Crippen LogP contribution in [-0.4, -0.2) is 40.0 Å². The van der Waals surface area contributed by atoms with Gasteiger partial charge in [-0.1, -0.05) is 42.5 Å². The second kappa shape index (κ2) is 13.4. The van der Waals surface area contributed by atoms with Gasteiger partial charge in [-0.2, -0.15) is 0 Å². The number of rotatable bonds is 10. The Morgan fingerprint density at radius 3 is 2.13 bits per heavy atom. The third-order valence-electron chi connectivity index (χ3n) is 7.93. The van der Waals surface area contributed by atoms with E-state index < -0.39 is 5.97 Å². The summed E-state index contributed by atoms with van der Waals surface area (Å²) in [6.07, 6.45) is 5.37. The first-order valence-corrected chi connectivity index (χ1v) is 14.9. The van der Waals surface area contributed by atoms with Crippen LogP contribution in [0.4, 0.5) is 5.69 Å². The third kappa shape index (κ3) is 7.33. The number of anilines is 1. The Morgan fingerprint density at radius 2 is 1.40 bits per heavy atom. The van der Waals surface area contributed by atoms with Crippen LogP contribution >= 0.6 is 0 Å². The summed E-state index contributed by atoms with van der Waals surface area (Å²) >= 11 is 0. The summed E-state index contributed by atoms with van der Waals surface area (Å²) < 4.78 is 12.2. The number of fused-ring (bicyclic) bond motifs is 1. The zero-order valence-electron chi connectivity index (χ0n) is 24.5. The Labute approximate surface area is 260 Å². The van der Waals surface area contributed by atoms with Crippen molar-refractivity contribution >= 4 is 34.4 Å². The minimum absolute atomic E-state index is 0.0431. The van der Waals surface area contributed by atoms with Crippen molar-refractivity contribution in [3.63, 3.8) is 0 Å². The molecule has 9 nitrogen and oxygen atoms in total. The van der Waals surface area contributed by atoms with Crippen LogP contribution in [0.1, 0.15) is 52.0 Å². The van der Waals surface area contributed by atoms with Gasteiger partial charge in [0.05, 0.1) is 29.3 Å². The van der Waals surface area contributed by atoms with Gasteiger partial charge in [0.15, 0.2) is 0 Å². The predicted octanol–water partition coefficient (Wildman–Crippen LogP) is 6.96. The molecule has 5 aromatic rings. The minimum Gasteiger partial charge on any atom is -0.490 e. The summed E-state index contributed by atoms with van der Waals surface area (Å²) in [6, 6.07) is 28.9. The number of carbonyl (C=O) groups excluding carboxylic acids is 2. The number of hydrogen-bond acceptors (Lipinski definition) is 5. The Hall–Kier alpha value is -5.57. The number of nitrogens with one attached hydrogen (secondary N) is 3. The first-order valence-electron chi connectivity index (χ1n) is 14.9. The summed E-state index contributed by atoms with van der Waals surface area (Å²) in [5.74, 6) is 0.584. The van der Waals surface area contributed by atoms with E-state index in [9.17, 15) is 19.5 Å². The van der Waals surface area contributed by atoms with Gasteiger partial charge in [-0.05, 0) is 85.8 Å². The van der Waals surface area contributed by atoms with Gasteiger partial charge in [0.25, 0.3) is 5.91 Å². The Kier molecular flexibility index (Phi) is 8.77. The van der Waals surface area contributed by atoms with Gasteiger partial charge in [-0.15, -0.1) is 0 Å². The Balaban J connectivity index is 0.947. The van der Waals surface area contributed by atoms with Gasteiger partial charge in [0.1, 0.15) is 17.2 Å². The molecule has 1 heterocycles. The van der Waals surface area contributed by atoms with Gasteiger partial charge < -0.3 is 30.2 Å². The van der Waals surface area contributed by atoms with Crippen LogP contribution in [0.2, 0.25) is 0 Å². The first-order chi connectivity index (χ1) is 21.9. The van der Waals surface area contributed by atoms with Crippen LogP contribution in [0.3, 0.4) is 0 Å². The van der Waals surface area contributed by atoms with Crippen LogP contribution in [-0.2, 0) is 11.2 Å². The van der Waals surface area contributed by atoms with Crippen molar-refractivity contribution in [2.75, 3.05) is 5.32 Å². The van der Waals surface area contributed by atoms with E-state index in [1.807, 2.05) is 48.5 Å². The molecule has 0 unspecified atom stereocenters. The molecule has 9 heteroatoms. The van der Waals surface area contributed by atoms with Crippen molar-refractivity contribution < 1.29 is 29.0 Å². The highest BCUT2D eigenvalue weighted by Gasteiger charge is 2.25. The zero-order valence-corrected chi connectivity index (χ0v) is 24.5. The van der Waals surface area contributed by atoms with E-state index in [2.05, 4.69) is 15.6 Å². The average Bonchev–Trinajstić information content (AvgIpc) is 3.49. The van der Waals surface area contributed by atoms with Crippen molar-refractivity contribution in [1.82, 2.24) is 10.3 Å². The van der Waals surface area contributed by atoms with E-state index in [4.69, 9.17) is 9.47 Å². The maximum atomic E-state index is 12.9. The highest BCUT2D eigenvalue weighted by molar-refractivity contribution is 6.06. The minimum atomic E-state index is -1.10. The predicted molar refractivity (Wildman–Crippen MR) is 171 cm³/mol. The molecule has 2 amide bonds. The molecule has 0 atom stereocenters. The molecule has 228 valence electrons. The number of carbonyl (C=O) groups is 3. The van der Waals surface area contributed by atoms with Crippen molar-refractivity contribution in [3.8, 4) is 17.2 Å². The maximum absolute atomic E-state index is 12.9. The summed E-state index contributed by atoms with van der Waals surface area (Å²) in [5, 5.41) is 16.1. The highest BCUT2D eigenvalue weighted by atomic mass is 16.5. The van der Waals surface area contributed by atoms with Crippen molar-refractivity contribution in [1.29, 1.82) is 0 Å². The van der Waals surface area contributed by atoms with E-state index in [1.165, 1.54) is 6.07 Å². The molecule has 6 rings (SSSR count). The molecule has 1 aliphatic carbocycles. The molecule has 1 aromatic heterocycles. The lowest BCUT2D eigenvalue weighted by atomic mass is 9.92. The molecule has 0 saturated heterocycles. The molecule has 0 aliphatic heterocycles. The maximum Gasteiger partial charge on any atom is 0.337 e. The topological polar surface area (TPSA) is 130 Å². The summed E-state index contributed by atoms with van der Waals surface area (Å²) in [5.41, 5.74) is 2.70. The van der Waals surface area contributed by atoms with E-state index >= 15 is 0 Å². The molecular formula is C36H33N3O6. The molecule has 4 N–H and O–H groups in total. The quantitative estimate of drug-likeness (QED) is 0.137. The van der Waals surface area contributed by atoms with Gasteiger partial charge >= 0.3 is 5.97 Å². The van der Waals surface area contributed by atoms with Crippen molar-refractivity contribution in [3.05, 3.63) is 120 Å². The number of hydrogen-bond donors (Lipinski definition) is 4. The van der Waals surface area contributed by atoms with Gasteiger partial charge in [0, 0.05) is 23.1 Å². The first kappa shape index (κ1) is 29.5. The normalized spacial score (nSPS) is 16.1. The lowest BCUT2D eigenvalue weighted by molar-refractivity contribution is -0.115. The Morgan fingerprint density at radius 1 is 0.756 bits per heavy atom. The summed E-state index contributed by atoms with van der Waals surface area (Å²) in [4.78, 5) is 39.9. The van der Waals surface area contributed by atoms with E-state index in [0.717, 1.165) is 47.9 Å². The van der Waals surface area contributed by atoms with Crippen LogP contribution in [0.15, 0.2) is 103 Å². The molecule has 45 heavy (non-hydrogen) atoms. The summed E-state index contributed by atoms with van der Waals surface area (Å²) in [7, 11) is 0. The summed E-state index contributed by atoms with van der Waals surface area (Å²) in [6.45, 7) is 0. The molecule has 1 fully saturated rings. The van der Waals surface area contributed by atoms with Crippen LogP contribution < -0.4 is 20.1 Å². The van der Waals surface area contributed by atoms with Crippen LogP contribution in [0.25, 0.3) is 10.9 Å². The molecule has 0 spiro atoms. The lowest BCUT2D eigenvalue weighted by Gasteiger charge is -2.29. The van der Waals surface area contributed by atoms with Gasteiger partial charge in [-0.25, -0.2) is 4.79 Å². The number of aromatic nitrogens is 1. The number of para-hydroxylation sites is 2. The third-order valence-corrected chi connectivity index (χ3v) is 7.93. The van der Waals surface area contributed by atoms with Crippen molar-refractivity contribution in [2.45, 2.75) is 44.2 Å². The number of H-pyrrole nitrogens is 1. The molecule has 0 radical (unpaired) electrons. The van der Waals surface area contributed by atoms with E-state index in [1.54, 1.807) is 48.7 Å². The number of aromatic carboxylic acids is 1. The Bertz CT molecular complexity index is 1810. The largest absolute Gasteiger partial charge is 0.490 e. The number of ether oxygens (including phenoxy) is 2.